The zero-order chi connectivity index (χ0) is 10.6. The molecule has 0 radical (unpaired) electrons. The molecule has 2 atom stereocenters. The van der Waals surface area contributed by atoms with Crippen LogP contribution in [-0.2, 0) is 9.47 Å². The van der Waals surface area contributed by atoms with Crippen LogP contribution in [0.1, 0.15) is 27.2 Å². The highest BCUT2D eigenvalue weighted by Gasteiger charge is 2.22. The molecule has 0 spiro atoms. The Hall–Kier alpha value is -0.120. The quantitative estimate of drug-likeness (QED) is 0.748. The van der Waals surface area contributed by atoms with E-state index in [4.69, 9.17) is 15.2 Å². The van der Waals surface area contributed by atoms with Gasteiger partial charge in [-0.15, -0.1) is 0 Å². The van der Waals surface area contributed by atoms with E-state index in [9.17, 15) is 0 Å². The van der Waals surface area contributed by atoms with Gasteiger partial charge in [-0.3, -0.25) is 0 Å². The summed E-state index contributed by atoms with van der Waals surface area (Å²) in [5.74, 6) is 0.585. The minimum absolute atomic E-state index is 0.116. The summed E-state index contributed by atoms with van der Waals surface area (Å²) in [6.07, 6.45) is 1.13. The largest absolute Gasteiger partial charge is 0.381 e. The van der Waals surface area contributed by atoms with Crippen LogP contribution in [0.2, 0.25) is 0 Å². The predicted octanol–water partition coefficient (Wildman–Crippen LogP) is 1.41. The second kappa shape index (κ2) is 5.10. The van der Waals surface area contributed by atoms with E-state index in [0.29, 0.717) is 12.5 Å². The molecule has 1 fully saturated rings. The van der Waals surface area contributed by atoms with E-state index in [1.807, 2.05) is 0 Å². The first kappa shape index (κ1) is 12.0. The van der Waals surface area contributed by atoms with Gasteiger partial charge in [-0.05, 0) is 11.8 Å². The molecule has 0 aromatic heterocycles. The summed E-state index contributed by atoms with van der Waals surface area (Å²) in [5, 5.41) is 0. The third-order valence-corrected chi connectivity index (χ3v) is 2.79. The fourth-order valence-corrected chi connectivity index (χ4v) is 1.33. The van der Waals surface area contributed by atoms with Gasteiger partial charge in [0.1, 0.15) is 0 Å². The highest BCUT2D eigenvalue weighted by Crippen LogP contribution is 2.18. The van der Waals surface area contributed by atoms with Crippen molar-refractivity contribution >= 4 is 0 Å². The van der Waals surface area contributed by atoms with Crippen LogP contribution >= 0.6 is 0 Å². The maximum absolute atomic E-state index is 5.98. The third kappa shape index (κ3) is 3.95. The van der Waals surface area contributed by atoms with Gasteiger partial charge >= 0.3 is 0 Å². The lowest BCUT2D eigenvalue weighted by Gasteiger charge is -2.27. The summed E-state index contributed by atoms with van der Waals surface area (Å²) in [4.78, 5) is 0. The van der Waals surface area contributed by atoms with E-state index in [-0.39, 0.29) is 11.5 Å². The van der Waals surface area contributed by atoms with Gasteiger partial charge in [0.2, 0.25) is 0 Å². The molecule has 1 aliphatic heterocycles. The van der Waals surface area contributed by atoms with Crippen molar-refractivity contribution in [3.05, 3.63) is 0 Å². The van der Waals surface area contributed by atoms with Gasteiger partial charge in [0.15, 0.2) is 0 Å². The molecule has 3 heteroatoms. The molecule has 1 saturated heterocycles. The lowest BCUT2D eigenvalue weighted by atomic mass is 9.88. The van der Waals surface area contributed by atoms with Crippen LogP contribution in [0.25, 0.3) is 0 Å². The minimum Gasteiger partial charge on any atom is -0.381 e. The van der Waals surface area contributed by atoms with Gasteiger partial charge in [-0.25, -0.2) is 0 Å². The highest BCUT2D eigenvalue weighted by atomic mass is 16.5. The average Bonchev–Trinajstić information content (AvgIpc) is 2.55. The highest BCUT2D eigenvalue weighted by molar-refractivity contribution is 4.76. The zero-order valence-corrected chi connectivity index (χ0v) is 9.58. The normalized spacial score (nSPS) is 25.3. The van der Waals surface area contributed by atoms with Crippen molar-refractivity contribution in [2.75, 3.05) is 26.4 Å². The van der Waals surface area contributed by atoms with Crippen molar-refractivity contribution in [2.45, 2.75) is 33.2 Å². The SMILES string of the molecule is CC(C)(C)C(N)COCC1CCOC1. The molecule has 0 bridgehead atoms. The summed E-state index contributed by atoms with van der Waals surface area (Å²) in [5.41, 5.74) is 6.11. The van der Waals surface area contributed by atoms with Crippen molar-refractivity contribution in [2.24, 2.45) is 17.1 Å². The lowest BCUT2D eigenvalue weighted by Crippen LogP contribution is -2.39. The first-order valence-electron chi connectivity index (χ1n) is 5.41. The Balaban J connectivity index is 2.08. The number of ether oxygens (including phenoxy) is 2. The Bertz CT molecular complexity index is 159. The number of hydrogen-bond donors (Lipinski definition) is 1. The number of hydrogen-bond acceptors (Lipinski definition) is 3. The van der Waals surface area contributed by atoms with E-state index in [1.54, 1.807) is 0 Å². The molecule has 2 N–H and O–H groups in total. The fourth-order valence-electron chi connectivity index (χ4n) is 1.33. The molecule has 3 nitrogen and oxygen atoms in total. The molecule has 2 unspecified atom stereocenters. The Morgan fingerprint density at radius 1 is 1.50 bits per heavy atom. The van der Waals surface area contributed by atoms with Crippen molar-refractivity contribution in [3.63, 3.8) is 0 Å². The molecular formula is C11H23NO2. The monoisotopic (exact) mass is 201 g/mol. The van der Waals surface area contributed by atoms with Crippen molar-refractivity contribution in [1.82, 2.24) is 0 Å². The van der Waals surface area contributed by atoms with Crippen LogP contribution in [0.15, 0.2) is 0 Å². The lowest BCUT2D eigenvalue weighted by molar-refractivity contribution is 0.0606. The molecular weight excluding hydrogens is 178 g/mol. The summed E-state index contributed by atoms with van der Waals surface area (Å²) in [7, 11) is 0. The second-order valence-corrected chi connectivity index (χ2v) is 5.24. The van der Waals surface area contributed by atoms with E-state index in [1.165, 1.54) is 0 Å². The van der Waals surface area contributed by atoms with Crippen LogP contribution < -0.4 is 5.73 Å². The van der Waals surface area contributed by atoms with Crippen LogP contribution in [-0.4, -0.2) is 32.5 Å². The Morgan fingerprint density at radius 3 is 2.71 bits per heavy atom. The Labute approximate surface area is 86.9 Å². The van der Waals surface area contributed by atoms with E-state index >= 15 is 0 Å². The van der Waals surface area contributed by atoms with Crippen molar-refractivity contribution in [1.29, 1.82) is 0 Å². The molecule has 84 valence electrons. The van der Waals surface area contributed by atoms with Crippen LogP contribution in [0.4, 0.5) is 0 Å². The molecule has 1 heterocycles. The molecule has 1 rings (SSSR count). The summed E-state index contributed by atoms with van der Waals surface area (Å²) in [6.45, 7) is 9.60. The summed E-state index contributed by atoms with van der Waals surface area (Å²) in [6, 6.07) is 0.116. The van der Waals surface area contributed by atoms with Gasteiger partial charge in [0.25, 0.3) is 0 Å². The molecule has 0 aromatic rings. The molecule has 0 aromatic carbocycles. The number of rotatable bonds is 4. The third-order valence-electron chi connectivity index (χ3n) is 2.79. The molecule has 14 heavy (non-hydrogen) atoms. The molecule has 0 aliphatic carbocycles. The van der Waals surface area contributed by atoms with Crippen LogP contribution in [0.5, 0.6) is 0 Å². The average molecular weight is 201 g/mol. The first-order chi connectivity index (χ1) is 6.50. The van der Waals surface area contributed by atoms with Crippen molar-refractivity contribution < 1.29 is 9.47 Å². The standard InChI is InChI=1S/C11H23NO2/c1-11(2,3)10(12)8-14-7-9-4-5-13-6-9/h9-10H,4-8,12H2,1-3H3. The van der Waals surface area contributed by atoms with Crippen LogP contribution in [0, 0.1) is 11.3 Å². The smallest absolute Gasteiger partial charge is 0.0622 e. The molecule has 0 amide bonds. The van der Waals surface area contributed by atoms with Gasteiger partial charge in [-0.1, -0.05) is 20.8 Å². The van der Waals surface area contributed by atoms with Gasteiger partial charge < -0.3 is 15.2 Å². The van der Waals surface area contributed by atoms with Gasteiger partial charge in [-0.2, -0.15) is 0 Å². The fraction of sp³-hybridized carbons (Fsp3) is 1.00. The Kier molecular flexibility index (Phi) is 4.35. The van der Waals surface area contributed by atoms with E-state index in [2.05, 4.69) is 20.8 Å². The number of nitrogens with two attached hydrogens (primary N) is 1. The topological polar surface area (TPSA) is 44.5 Å². The van der Waals surface area contributed by atoms with Gasteiger partial charge in [0, 0.05) is 18.6 Å². The maximum atomic E-state index is 5.98. The zero-order valence-electron chi connectivity index (χ0n) is 9.58. The second-order valence-electron chi connectivity index (χ2n) is 5.24. The van der Waals surface area contributed by atoms with E-state index < -0.39 is 0 Å². The summed E-state index contributed by atoms with van der Waals surface area (Å²) < 4.78 is 10.9. The first-order valence-corrected chi connectivity index (χ1v) is 5.41. The minimum atomic E-state index is 0.116. The maximum Gasteiger partial charge on any atom is 0.0622 e. The van der Waals surface area contributed by atoms with E-state index in [0.717, 1.165) is 26.2 Å². The predicted molar refractivity (Wildman–Crippen MR) is 57.2 cm³/mol. The van der Waals surface area contributed by atoms with Crippen LogP contribution in [0.3, 0.4) is 0 Å². The Morgan fingerprint density at radius 2 is 2.21 bits per heavy atom. The van der Waals surface area contributed by atoms with Gasteiger partial charge in [0.05, 0.1) is 19.8 Å². The molecule has 1 aliphatic rings. The molecule has 0 saturated carbocycles. The van der Waals surface area contributed by atoms with Crippen molar-refractivity contribution in [3.8, 4) is 0 Å². The summed E-state index contributed by atoms with van der Waals surface area (Å²) >= 11 is 0.